The molecule has 0 aliphatic carbocycles. The van der Waals surface area contributed by atoms with Crippen molar-refractivity contribution in [2.24, 2.45) is 0 Å². The summed E-state index contributed by atoms with van der Waals surface area (Å²) in [6.07, 6.45) is 4.64. The molecule has 0 unspecified atom stereocenters. The normalized spacial score (nSPS) is 11.5. The Morgan fingerprint density at radius 1 is 1.45 bits per heavy atom. The van der Waals surface area contributed by atoms with E-state index >= 15 is 0 Å². The second kappa shape index (κ2) is 2.49. The Bertz CT molecular complexity index is 295. The van der Waals surface area contributed by atoms with Crippen LogP contribution < -0.4 is 5.56 Å². The molecule has 3 heteroatoms. The zero-order valence-corrected chi connectivity index (χ0v) is 7.03. The molecule has 0 saturated heterocycles. The van der Waals surface area contributed by atoms with Crippen molar-refractivity contribution in [2.75, 3.05) is 0 Å². The first-order valence-corrected chi connectivity index (χ1v) is 3.55. The summed E-state index contributed by atoms with van der Waals surface area (Å²) in [7, 11) is 0. The van der Waals surface area contributed by atoms with Crippen LogP contribution in [-0.2, 0) is 5.54 Å². The van der Waals surface area contributed by atoms with Gasteiger partial charge in [-0.1, -0.05) is 0 Å². The van der Waals surface area contributed by atoms with Crippen LogP contribution in [0.5, 0.6) is 0 Å². The molecule has 60 valence electrons. The smallest absolute Gasteiger partial charge is 0.269 e. The van der Waals surface area contributed by atoms with Crippen LogP contribution in [0, 0.1) is 0 Å². The van der Waals surface area contributed by atoms with Gasteiger partial charge in [0.05, 0.1) is 6.20 Å². The highest BCUT2D eigenvalue weighted by Gasteiger charge is 2.12. The van der Waals surface area contributed by atoms with Gasteiger partial charge in [-0.2, -0.15) is 0 Å². The highest BCUT2D eigenvalue weighted by molar-refractivity contribution is 4.86. The number of nitrogens with zero attached hydrogens (tertiary/aromatic N) is 2. The second-order valence-corrected chi connectivity index (χ2v) is 3.46. The summed E-state index contributed by atoms with van der Waals surface area (Å²) in [5, 5.41) is 0. The highest BCUT2D eigenvalue weighted by atomic mass is 16.1. The topological polar surface area (TPSA) is 34.9 Å². The molecule has 1 aromatic rings. The largest absolute Gasteiger partial charge is 0.307 e. The molecule has 0 radical (unpaired) electrons. The third-order valence-corrected chi connectivity index (χ3v) is 1.45. The van der Waals surface area contributed by atoms with Crippen LogP contribution in [0.4, 0.5) is 0 Å². The maximum atomic E-state index is 11.2. The Hall–Kier alpha value is -1.12. The summed E-state index contributed by atoms with van der Waals surface area (Å²) in [4.78, 5) is 14.9. The van der Waals surface area contributed by atoms with E-state index in [1.807, 2.05) is 20.8 Å². The first kappa shape index (κ1) is 7.98. The first-order chi connectivity index (χ1) is 5.02. The van der Waals surface area contributed by atoms with Crippen molar-refractivity contribution in [3.8, 4) is 0 Å². The molecule has 0 aromatic carbocycles. The molecule has 0 amide bonds. The van der Waals surface area contributed by atoms with E-state index in [0.29, 0.717) is 0 Å². The average molecular weight is 152 g/mol. The molecule has 3 nitrogen and oxygen atoms in total. The minimum Gasteiger partial charge on any atom is -0.307 e. The van der Waals surface area contributed by atoms with Gasteiger partial charge < -0.3 is 4.57 Å². The molecule has 0 saturated carbocycles. The minimum atomic E-state index is -0.153. The predicted molar refractivity (Wildman–Crippen MR) is 43.5 cm³/mol. The second-order valence-electron chi connectivity index (χ2n) is 3.46. The van der Waals surface area contributed by atoms with Crippen LogP contribution in [0.2, 0.25) is 0 Å². The standard InChI is InChI=1S/C8H12N2O/c1-8(2,3)10-5-4-9-6-7(10)11/h4-6H,1-3H3. The van der Waals surface area contributed by atoms with Gasteiger partial charge in [0.2, 0.25) is 0 Å². The molecular formula is C8H12N2O. The molecule has 1 rings (SSSR count). The molecule has 0 bridgehead atoms. The number of aromatic nitrogens is 2. The Kier molecular flexibility index (Phi) is 1.81. The van der Waals surface area contributed by atoms with E-state index < -0.39 is 0 Å². The lowest BCUT2D eigenvalue weighted by Crippen LogP contribution is -2.32. The van der Waals surface area contributed by atoms with Crippen molar-refractivity contribution in [2.45, 2.75) is 26.3 Å². The molecule has 1 aromatic heterocycles. The quantitative estimate of drug-likeness (QED) is 0.556. The van der Waals surface area contributed by atoms with E-state index in [1.54, 1.807) is 17.0 Å². The van der Waals surface area contributed by atoms with Gasteiger partial charge >= 0.3 is 0 Å². The maximum Gasteiger partial charge on any atom is 0.269 e. The van der Waals surface area contributed by atoms with Crippen LogP contribution in [0.3, 0.4) is 0 Å². The van der Waals surface area contributed by atoms with Crippen molar-refractivity contribution >= 4 is 0 Å². The van der Waals surface area contributed by atoms with Gasteiger partial charge in [0.1, 0.15) is 0 Å². The lowest BCUT2D eigenvalue weighted by Gasteiger charge is -2.21. The molecule has 0 aliphatic heterocycles. The SMILES string of the molecule is CC(C)(C)n1ccncc1=O. The Labute approximate surface area is 65.7 Å². The van der Waals surface area contributed by atoms with Crippen LogP contribution in [0.25, 0.3) is 0 Å². The van der Waals surface area contributed by atoms with Crippen molar-refractivity contribution in [3.05, 3.63) is 28.9 Å². The van der Waals surface area contributed by atoms with Crippen molar-refractivity contribution in [1.29, 1.82) is 0 Å². The average Bonchev–Trinajstić information content (AvgIpc) is 1.86. The monoisotopic (exact) mass is 152 g/mol. The van der Waals surface area contributed by atoms with Crippen molar-refractivity contribution in [1.82, 2.24) is 9.55 Å². The van der Waals surface area contributed by atoms with Gasteiger partial charge in [0.25, 0.3) is 5.56 Å². The molecular weight excluding hydrogens is 140 g/mol. The Morgan fingerprint density at radius 3 is 2.45 bits per heavy atom. The van der Waals surface area contributed by atoms with Gasteiger partial charge in [-0.05, 0) is 20.8 Å². The molecule has 0 aliphatic rings. The lowest BCUT2D eigenvalue weighted by molar-refractivity contribution is 0.382. The zero-order valence-electron chi connectivity index (χ0n) is 7.03. The molecule has 11 heavy (non-hydrogen) atoms. The fourth-order valence-electron chi connectivity index (χ4n) is 0.902. The predicted octanol–water partition coefficient (Wildman–Crippen LogP) is 0.998. The molecule has 0 atom stereocenters. The Morgan fingerprint density at radius 2 is 2.09 bits per heavy atom. The number of rotatable bonds is 0. The molecule has 0 fully saturated rings. The summed E-state index contributed by atoms with van der Waals surface area (Å²) >= 11 is 0. The van der Waals surface area contributed by atoms with Crippen LogP contribution in [-0.4, -0.2) is 9.55 Å². The Balaban J connectivity index is 3.26. The maximum absolute atomic E-state index is 11.2. The molecule has 0 N–H and O–H groups in total. The number of hydrogen-bond donors (Lipinski definition) is 0. The van der Waals surface area contributed by atoms with E-state index in [-0.39, 0.29) is 11.1 Å². The van der Waals surface area contributed by atoms with E-state index in [0.717, 1.165) is 0 Å². The van der Waals surface area contributed by atoms with Crippen LogP contribution in [0.1, 0.15) is 20.8 Å². The summed E-state index contributed by atoms with van der Waals surface area (Å²) in [5.74, 6) is 0. The van der Waals surface area contributed by atoms with E-state index in [9.17, 15) is 4.79 Å². The van der Waals surface area contributed by atoms with Crippen LogP contribution in [0.15, 0.2) is 23.4 Å². The fourth-order valence-corrected chi connectivity index (χ4v) is 0.902. The van der Waals surface area contributed by atoms with Crippen LogP contribution >= 0.6 is 0 Å². The zero-order chi connectivity index (χ0) is 8.48. The van der Waals surface area contributed by atoms with E-state index in [2.05, 4.69) is 4.98 Å². The van der Waals surface area contributed by atoms with Gasteiger partial charge in [-0.3, -0.25) is 9.78 Å². The summed E-state index contributed by atoms with van der Waals surface area (Å²) < 4.78 is 1.65. The van der Waals surface area contributed by atoms with Gasteiger partial charge in [-0.25, -0.2) is 0 Å². The van der Waals surface area contributed by atoms with Crippen molar-refractivity contribution in [3.63, 3.8) is 0 Å². The minimum absolute atomic E-state index is 0.0556. The summed E-state index contributed by atoms with van der Waals surface area (Å²) in [5.41, 5.74) is -0.208. The molecule has 1 heterocycles. The fraction of sp³-hybridized carbons (Fsp3) is 0.500. The summed E-state index contributed by atoms with van der Waals surface area (Å²) in [6.45, 7) is 5.94. The summed E-state index contributed by atoms with van der Waals surface area (Å²) in [6, 6.07) is 0. The number of hydrogen-bond acceptors (Lipinski definition) is 2. The first-order valence-electron chi connectivity index (χ1n) is 3.55. The third kappa shape index (κ3) is 1.67. The van der Waals surface area contributed by atoms with E-state index in [1.165, 1.54) is 6.20 Å². The van der Waals surface area contributed by atoms with Crippen molar-refractivity contribution < 1.29 is 0 Å². The van der Waals surface area contributed by atoms with Gasteiger partial charge in [0, 0.05) is 17.9 Å². The lowest BCUT2D eigenvalue weighted by atomic mass is 10.1. The highest BCUT2D eigenvalue weighted by Crippen LogP contribution is 2.08. The molecule has 0 spiro atoms. The van der Waals surface area contributed by atoms with E-state index in [4.69, 9.17) is 0 Å². The van der Waals surface area contributed by atoms with Gasteiger partial charge in [-0.15, -0.1) is 0 Å². The third-order valence-electron chi connectivity index (χ3n) is 1.45. The van der Waals surface area contributed by atoms with Gasteiger partial charge in [0.15, 0.2) is 0 Å².